The van der Waals surface area contributed by atoms with Crippen molar-refractivity contribution < 1.29 is 22.4 Å². The first-order valence-electron chi connectivity index (χ1n) is 15.9. The van der Waals surface area contributed by atoms with E-state index in [0.717, 1.165) is 54.0 Å². The molecule has 0 heterocycles. The number of sulfonamides is 1. The summed E-state index contributed by atoms with van der Waals surface area (Å²) >= 11 is 0. The van der Waals surface area contributed by atoms with Crippen LogP contribution in [0.25, 0.3) is 0 Å². The van der Waals surface area contributed by atoms with Gasteiger partial charge in [0.2, 0.25) is 21.8 Å². The lowest BCUT2D eigenvalue weighted by Gasteiger charge is -2.57. The molecule has 5 aliphatic rings. The third-order valence-electron chi connectivity index (χ3n) is 10.7. The number of carbonyl (C=O) groups is 2. The van der Waals surface area contributed by atoms with Crippen LogP contribution in [0.4, 0.5) is 10.1 Å². The number of carbonyl (C=O) groups excluding carboxylic acids is 2. The van der Waals surface area contributed by atoms with Crippen molar-refractivity contribution in [2.45, 2.75) is 95.2 Å². The normalized spacial score (nSPS) is 27.2. The van der Waals surface area contributed by atoms with Gasteiger partial charge in [-0.2, -0.15) is 0 Å². The van der Waals surface area contributed by atoms with E-state index in [2.05, 4.69) is 17.4 Å². The van der Waals surface area contributed by atoms with Gasteiger partial charge in [-0.3, -0.25) is 13.9 Å². The standard InChI is InChI=1S/C34H44FN3O4S/c1-23(33(40)36-29-8-4-5-9-29)37(21-27-7-3-6-10-31(27)35)32(39)22-38(43(2,41)42)30-13-11-28(12-14-30)34-18-24-15-25(19-34)17-26(16-24)20-34/h3,6-7,10-14,23-26,29H,4-5,8-9,15-22H2,1-2H3,(H,36,40)/t23-,24?,25?,26?,34?/m0/s1. The van der Waals surface area contributed by atoms with Crippen LogP contribution in [0.3, 0.4) is 0 Å². The summed E-state index contributed by atoms with van der Waals surface area (Å²) in [5.41, 5.74) is 2.13. The minimum atomic E-state index is -3.84. The Morgan fingerprint density at radius 1 is 0.953 bits per heavy atom. The van der Waals surface area contributed by atoms with Gasteiger partial charge < -0.3 is 10.2 Å². The van der Waals surface area contributed by atoms with Crippen LogP contribution in [0.1, 0.15) is 82.3 Å². The monoisotopic (exact) mass is 609 g/mol. The van der Waals surface area contributed by atoms with Crippen molar-refractivity contribution in [3.8, 4) is 0 Å². The van der Waals surface area contributed by atoms with E-state index < -0.39 is 34.3 Å². The molecule has 5 saturated carbocycles. The van der Waals surface area contributed by atoms with Crippen LogP contribution in [0.5, 0.6) is 0 Å². The fourth-order valence-electron chi connectivity index (χ4n) is 8.84. The fraction of sp³-hybridized carbons (Fsp3) is 0.588. The second kappa shape index (κ2) is 11.9. The Hall–Kier alpha value is -2.94. The van der Waals surface area contributed by atoms with Gasteiger partial charge in [0.05, 0.1) is 11.9 Å². The quantitative estimate of drug-likeness (QED) is 0.384. The van der Waals surface area contributed by atoms with E-state index in [4.69, 9.17) is 0 Å². The van der Waals surface area contributed by atoms with Crippen molar-refractivity contribution >= 4 is 27.5 Å². The zero-order valence-corrected chi connectivity index (χ0v) is 26.1. The Morgan fingerprint density at radius 2 is 1.53 bits per heavy atom. The first kappa shape index (κ1) is 30.1. The Balaban J connectivity index is 1.23. The number of benzene rings is 2. The maximum atomic E-state index is 14.7. The Bertz CT molecular complexity index is 1420. The van der Waals surface area contributed by atoms with E-state index in [1.54, 1.807) is 25.1 Å². The van der Waals surface area contributed by atoms with Gasteiger partial charge in [-0.25, -0.2) is 12.8 Å². The molecule has 43 heavy (non-hydrogen) atoms. The van der Waals surface area contributed by atoms with Gasteiger partial charge in [-0.05, 0) is 105 Å². The van der Waals surface area contributed by atoms with Crippen molar-refractivity contribution in [1.29, 1.82) is 0 Å². The van der Waals surface area contributed by atoms with Gasteiger partial charge in [0, 0.05) is 18.2 Å². The van der Waals surface area contributed by atoms with Crippen molar-refractivity contribution in [3.05, 3.63) is 65.5 Å². The third kappa shape index (κ3) is 6.33. The molecule has 232 valence electrons. The summed E-state index contributed by atoms with van der Waals surface area (Å²) < 4.78 is 41.9. The molecule has 5 aliphatic carbocycles. The molecule has 7 nitrogen and oxygen atoms in total. The average Bonchev–Trinajstić information content (AvgIpc) is 3.47. The summed E-state index contributed by atoms with van der Waals surface area (Å²) in [5.74, 6) is 1.03. The molecular weight excluding hydrogens is 565 g/mol. The number of halogens is 1. The number of hydrogen-bond donors (Lipinski definition) is 1. The molecule has 0 unspecified atom stereocenters. The number of rotatable bonds is 10. The molecule has 0 radical (unpaired) electrons. The number of amides is 2. The smallest absolute Gasteiger partial charge is 0.244 e. The third-order valence-corrected chi connectivity index (χ3v) is 11.8. The highest BCUT2D eigenvalue weighted by molar-refractivity contribution is 7.92. The number of nitrogens with zero attached hydrogens (tertiary/aromatic N) is 2. The largest absolute Gasteiger partial charge is 0.352 e. The predicted octanol–water partition coefficient (Wildman–Crippen LogP) is 5.54. The first-order valence-corrected chi connectivity index (χ1v) is 17.8. The molecule has 0 aromatic heterocycles. The van der Waals surface area contributed by atoms with Crippen LogP contribution in [-0.4, -0.2) is 50.0 Å². The minimum absolute atomic E-state index is 0.0559. The predicted molar refractivity (Wildman–Crippen MR) is 165 cm³/mol. The summed E-state index contributed by atoms with van der Waals surface area (Å²) in [6.45, 7) is 0.993. The lowest BCUT2D eigenvalue weighted by Crippen LogP contribution is -2.52. The van der Waals surface area contributed by atoms with Crippen LogP contribution < -0.4 is 9.62 Å². The van der Waals surface area contributed by atoms with E-state index in [1.807, 2.05) is 12.1 Å². The fourth-order valence-corrected chi connectivity index (χ4v) is 9.69. The first-order chi connectivity index (χ1) is 20.5. The Labute approximate surface area is 255 Å². The SMILES string of the molecule is C[C@@H](C(=O)NC1CCCC1)N(Cc1ccccc1F)C(=O)CN(c1ccc(C23CC4CC(CC(C4)C2)C3)cc1)S(C)(=O)=O. The molecule has 7 rings (SSSR count). The summed E-state index contributed by atoms with van der Waals surface area (Å²) in [6.07, 6.45) is 12.6. The molecule has 1 N–H and O–H groups in total. The van der Waals surface area contributed by atoms with Crippen molar-refractivity contribution in [1.82, 2.24) is 10.2 Å². The molecule has 5 fully saturated rings. The second-order valence-corrected chi connectivity index (χ2v) is 15.7. The highest BCUT2D eigenvalue weighted by atomic mass is 32.2. The molecule has 2 aromatic carbocycles. The zero-order valence-electron chi connectivity index (χ0n) is 25.3. The number of hydrogen-bond acceptors (Lipinski definition) is 4. The van der Waals surface area contributed by atoms with Crippen LogP contribution >= 0.6 is 0 Å². The van der Waals surface area contributed by atoms with E-state index >= 15 is 0 Å². The van der Waals surface area contributed by atoms with Gasteiger partial charge in [0.15, 0.2) is 0 Å². The van der Waals surface area contributed by atoms with E-state index in [-0.39, 0.29) is 29.5 Å². The van der Waals surface area contributed by atoms with Crippen molar-refractivity contribution in [2.24, 2.45) is 17.8 Å². The highest BCUT2D eigenvalue weighted by Gasteiger charge is 2.51. The van der Waals surface area contributed by atoms with E-state index in [0.29, 0.717) is 5.69 Å². The van der Waals surface area contributed by atoms with Gasteiger partial charge in [0.25, 0.3) is 0 Å². The summed E-state index contributed by atoms with van der Waals surface area (Å²) in [4.78, 5) is 28.4. The summed E-state index contributed by atoms with van der Waals surface area (Å²) in [5, 5.41) is 3.03. The van der Waals surface area contributed by atoms with Crippen molar-refractivity contribution in [2.75, 3.05) is 17.1 Å². The maximum Gasteiger partial charge on any atom is 0.244 e. The molecule has 1 atom stereocenters. The maximum absolute atomic E-state index is 14.7. The van der Waals surface area contributed by atoms with E-state index in [9.17, 15) is 22.4 Å². The molecule has 4 bridgehead atoms. The summed E-state index contributed by atoms with van der Waals surface area (Å²) in [7, 11) is -3.84. The molecule has 0 aliphatic heterocycles. The molecule has 2 amide bonds. The highest BCUT2D eigenvalue weighted by Crippen LogP contribution is 2.60. The molecule has 0 saturated heterocycles. The minimum Gasteiger partial charge on any atom is -0.352 e. The lowest BCUT2D eigenvalue weighted by molar-refractivity contribution is -0.139. The van der Waals surface area contributed by atoms with Gasteiger partial charge in [0.1, 0.15) is 18.4 Å². The van der Waals surface area contributed by atoms with Crippen LogP contribution in [0.2, 0.25) is 0 Å². The van der Waals surface area contributed by atoms with Gasteiger partial charge in [-0.1, -0.05) is 43.2 Å². The average molecular weight is 610 g/mol. The van der Waals surface area contributed by atoms with Crippen LogP contribution in [-0.2, 0) is 31.6 Å². The van der Waals surface area contributed by atoms with Crippen molar-refractivity contribution in [3.63, 3.8) is 0 Å². The van der Waals surface area contributed by atoms with E-state index in [1.165, 1.54) is 55.1 Å². The van der Waals surface area contributed by atoms with Crippen LogP contribution in [0, 0.1) is 23.6 Å². The number of nitrogens with one attached hydrogen (secondary N) is 1. The molecular formula is C34H44FN3O4S. The summed E-state index contributed by atoms with van der Waals surface area (Å²) in [6, 6.07) is 13.0. The topological polar surface area (TPSA) is 86.8 Å². The molecule has 9 heteroatoms. The second-order valence-electron chi connectivity index (χ2n) is 13.8. The lowest BCUT2D eigenvalue weighted by atomic mass is 9.48. The molecule has 2 aromatic rings. The Morgan fingerprint density at radius 3 is 2.09 bits per heavy atom. The zero-order chi connectivity index (χ0) is 30.4. The van der Waals surface area contributed by atoms with Gasteiger partial charge in [-0.15, -0.1) is 0 Å². The molecule has 0 spiro atoms. The number of anilines is 1. The van der Waals surface area contributed by atoms with Crippen LogP contribution in [0.15, 0.2) is 48.5 Å². The Kier molecular flexibility index (Phi) is 8.31. The van der Waals surface area contributed by atoms with Gasteiger partial charge >= 0.3 is 0 Å².